The van der Waals surface area contributed by atoms with Crippen LogP contribution in [-0.2, 0) is 0 Å². The topological polar surface area (TPSA) is 129 Å². The number of rotatable bonds is 1. The second-order valence-electron chi connectivity index (χ2n) is 10.4. The summed E-state index contributed by atoms with van der Waals surface area (Å²) in [4.78, 5) is 36.6. The summed E-state index contributed by atoms with van der Waals surface area (Å²) in [5, 5.41) is 13.8. The number of aromatic nitrogens is 8. The molecule has 0 spiro atoms. The first-order valence-electron chi connectivity index (χ1n) is 13.7. The molecule has 2 aliphatic rings. The van der Waals surface area contributed by atoms with E-state index in [9.17, 15) is 5.11 Å². The van der Waals surface area contributed by atoms with E-state index in [-0.39, 0.29) is 25.5 Å². The van der Waals surface area contributed by atoms with Crippen LogP contribution in [0.1, 0.15) is 5.56 Å². The van der Waals surface area contributed by atoms with Gasteiger partial charge < -0.3 is 15.1 Å². The summed E-state index contributed by atoms with van der Waals surface area (Å²) < 4.78 is 0. The molecule has 0 radical (unpaired) electrons. The Morgan fingerprint density at radius 2 is 0.864 bits per heavy atom. The van der Waals surface area contributed by atoms with E-state index in [0.29, 0.717) is 56.8 Å². The Labute approximate surface area is 262 Å². The standard InChI is InChI=1S/C34H20N8O.Ga.3H/c1-17(43)18-15-8-16-25-26(18)34-41-32-24-14-7-6-13-23(24)30(39-32)37-28-20-10-3-2-9-19(20)27(35-28)36-29-21-11-4-5-12-22(21)31(38-29)40-33(25)42-34;;;;/h2-16,43H,1H2,(H2,35,36,37,38,39,40,41,42);;;;. The van der Waals surface area contributed by atoms with Crippen LogP contribution in [0.25, 0.3) is 95.4 Å². The van der Waals surface area contributed by atoms with Crippen molar-refractivity contribution >= 4 is 69.7 Å². The van der Waals surface area contributed by atoms with Crippen LogP contribution >= 0.6 is 0 Å². The number of aliphatic hydroxyl groups is 1. The van der Waals surface area contributed by atoms with Gasteiger partial charge in [-0.25, -0.2) is 29.9 Å². The zero-order valence-electron chi connectivity index (χ0n) is 22.5. The number of hydrogen-bond acceptors (Lipinski definition) is 7. The summed E-state index contributed by atoms with van der Waals surface area (Å²) in [5.74, 6) is 2.02. The number of nitrogens with one attached hydrogen (secondary N) is 2. The second kappa shape index (κ2) is 9.73. The normalized spacial score (nSPS) is 11.6. The molecule has 0 unspecified atom stereocenters. The van der Waals surface area contributed by atoms with Gasteiger partial charge in [-0.2, -0.15) is 0 Å². The van der Waals surface area contributed by atoms with Gasteiger partial charge in [-0.1, -0.05) is 97.6 Å². The molecular formula is C34H23GaN8O. The average Bonchev–Trinajstić information content (AvgIpc) is 3.76. The summed E-state index contributed by atoms with van der Waals surface area (Å²) in [6, 6.07) is 29.4. The van der Waals surface area contributed by atoms with Gasteiger partial charge in [0.1, 0.15) is 28.3 Å². The van der Waals surface area contributed by atoms with Crippen LogP contribution in [0.3, 0.4) is 0 Å². The summed E-state index contributed by atoms with van der Waals surface area (Å²) in [6.45, 7) is 3.80. The van der Waals surface area contributed by atoms with Crippen LogP contribution in [0, 0.1) is 0 Å². The molecule has 0 aliphatic carbocycles. The van der Waals surface area contributed by atoms with Gasteiger partial charge in [0.15, 0.2) is 23.3 Å². The molecule has 208 valence electrons. The number of aliphatic hydroxyl groups excluding tert-OH is 1. The van der Waals surface area contributed by atoms with E-state index in [4.69, 9.17) is 29.9 Å². The van der Waals surface area contributed by atoms with E-state index in [1.54, 1.807) is 0 Å². The number of hydrogen-bond donors (Lipinski definition) is 3. The molecule has 0 saturated heterocycles. The Hall–Kier alpha value is -5.58. The van der Waals surface area contributed by atoms with Gasteiger partial charge in [0.25, 0.3) is 0 Å². The van der Waals surface area contributed by atoms with Crippen LogP contribution in [0.4, 0.5) is 0 Å². The molecule has 4 aromatic carbocycles. The van der Waals surface area contributed by atoms with Crippen molar-refractivity contribution in [2.45, 2.75) is 0 Å². The van der Waals surface area contributed by atoms with Crippen molar-refractivity contribution in [3.8, 4) is 45.6 Å². The monoisotopic (exact) mass is 628 g/mol. The molecule has 0 atom stereocenters. The van der Waals surface area contributed by atoms with Crippen molar-refractivity contribution in [2.24, 2.45) is 0 Å². The third kappa shape index (κ3) is 3.82. The molecule has 3 aromatic heterocycles. The predicted molar refractivity (Wildman–Crippen MR) is 178 cm³/mol. The molecule has 2 aliphatic heterocycles. The Balaban J connectivity index is 0.00000289. The minimum atomic E-state index is -0.0679. The van der Waals surface area contributed by atoms with Crippen molar-refractivity contribution in [3.05, 3.63) is 103 Å². The van der Waals surface area contributed by atoms with Crippen LogP contribution < -0.4 is 0 Å². The molecule has 7 aromatic rings. The minimum absolute atomic E-state index is 0. The summed E-state index contributed by atoms with van der Waals surface area (Å²) in [5.41, 5.74) is 6.34. The fraction of sp³-hybridized carbons (Fsp3) is 0. The zero-order valence-corrected chi connectivity index (χ0v) is 22.5. The molecule has 9 nitrogen and oxygen atoms in total. The number of nitrogens with zero attached hydrogens (tertiary/aromatic N) is 6. The molecule has 0 saturated carbocycles. The number of aromatic amines is 2. The molecule has 8 bridgehead atoms. The first-order chi connectivity index (χ1) is 21.1. The Morgan fingerprint density at radius 3 is 1.34 bits per heavy atom. The molecule has 0 amide bonds. The Morgan fingerprint density at radius 1 is 0.477 bits per heavy atom. The fourth-order valence-electron chi connectivity index (χ4n) is 5.93. The molecule has 3 N–H and O–H groups in total. The van der Waals surface area contributed by atoms with E-state index in [2.05, 4.69) is 16.5 Å². The number of fused-ring (bicyclic) bond motifs is 20. The van der Waals surface area contributed by atoms with E-state index in [0.717, 1.165) is 38.4 Å². The van der Waals surface area contributed by atoms with Gasteiger partial charge in [0.05, 0.1) is 0 Å². The quantitative estimate of drug-likeness (QED) is 0.145. The molecule has 0 fully saturated rings. The van der Waals surface area contributed by atoms with E-state index < -0.39 is 0 Å². The van der Waals surface area contributed by atoms with Crippen molar-refractivity contribution in [1.82, 2.24) is 39.9 Å². The third-order valence-electron chi connectivity index (χ3n) is 7.89. The van der Waals surface area contributed by atoms with Gasteiger partial charge >= 0.3 is 19.8 Å². The summed E-state index contributed by atoms with van der Waals surface area (Å²) in [6.07, 6.45) is 0. The van der Waals surface area contributed by atoms with Crippen molar-refractivity contribution in [1.29, 1.82) is 0 Å². The average molecular weight is 629 g/mol. The summed E-state index contributed by atoms with van der Waals surface area (Å²) >= 11 is 0. The molecular weight excluding hydrogens is 606 g/mol. The third-order valence-corrected chi connectivity index (χ3v) is 7.89. The first kappa shape index (κ1) is 26.1. The van der Waals surface area contributed by atoms with Crippen molar-refractivity contribution in [2.75, 3.05) is 0 Å². The van der Waals surface area contributed by atoms with Crippen molar-refractivity contribution in [3.63, 3.8) is 0 Å². The molecule has 9 rings (SSSR count). The fourth-order valence-corrected chi connectivity index (χ4v) is 5.93. The van der Waals surface area contributed by atoms with Gasteiger partial charge in [-0.3, -0.25) is 0 Å². The zero-order chi connectivity index (χ0) is 28.7. The Kier molecular flexibility index (Phi) is 5.77. The van der Waals surface area contributed by atoms with Gasteiger partial charge in [0.2, 0.25) is 0 Å². The van der Waals surface area contributed by atoms with Gasteiger partial charge in [0, 0.05) is 49.4 Å². The maximum atomic E-state index is 10.5. The Bertz CT molecular complexity index is 2510. The predicted octanol–water partition coefficient (Wildman–Crippen LogP) is 6.21. The SMILES string of the molecule is C=C(O)c1cccc2c3nc4nc(nc5[nH]c(nc6nc(nc([nH]3)c12)-c1ccccc1-6)c1ccccc51)-c1ccccc1-4.[GaH3]. The van der Waals surface area contributed by atoms with Crippen LogP contribution in [0.2, 0.25) is 0 Å². The molecule has 44 heavy (non-hydrogen) atoms. The number of benzene rings is 4. The summed E-state index contributed by atoms with van der Waals surface area (Å²) in [7, 11) is 0. The van der Waals surface area contributed by atoms with Crippen LogP contribution in [0.15, 0.2) is 97.6 Å². The van der Waals surface area contributed by atoms with Crippen LogP contribution in [-0.4, -0.2) is 64.8 Å². The maximum absolute atomic E-state index is 10.5. The van der Waals surface area contributed by atoms with E-state index >= 15 is 0 Å². The molecule has 10 heteroatoms. The van der Waals surface area contributed by atoms with Crippen molar-refractivity contribution < 1.29 is 5.11 Å². The number of H-pyrrole nitrogens is 2. The molecule has 5 heterocycles. The van der Waals surface area contributed by atoms with E-state index in [1.807, 2.05) is 91.0 Å². The van der Waals surface area contributed by atoms with E-state index in [1.165, 1.54) is 0 Å². The van der Waals surface area contributed by atoms with Gasteiger partial charge in [-0.05, 0) is 0 Å². The second-order valence-corrected chi connectivity index (χ2v) is 10.4. The van der Waals surface area contributed by atoms with Gasteiger partial charge in [-0.15, -0.1) is 0 Å². The van der Waals surface area contributed by atoms with Crippen LogP contribution in [0.5, 0.6) is 0 Å². The first-order valence-corrected chi connectivity index (χ1v) is 13.7.